The van der Waals surface area contributed by atoms with Crippen LogP contribution in [0, 0.1) is 5.92 Å². The van der Waals surface area contributed by atoms with Crippen molar-refractivity contribution in [1.29, 1.82) is 0 Å². The minimum atomic E-state index is 0.280. The molecule has 3 atom stereocenters. The zero-order valence-electron chi connectivity index (χ0n) is 10.7. The average molecular weight is 240 g/mol. The number of fused-ring (bicyclic) bond motifs is 1. The molecule has 2 fully saturated rings. The number of carbonyl (C=O) groups is 1. The van der Waals surface area contributed by atoms with Gasteiger partial charge in [0.05, 0.1) is 18.8 Å². The molecule has 2 rings (SSSR count). The minimum absolute atomic E-state index is 0.280. The molecule has 4 heteroatoms. The van der Waals surface area contributed by atoms with Crippen molar-refractivity contribution in [3.63, 3.8) is 0 Å². The van der Waals surface area contributed by atoms with Gasteiger partial charge in [-0.2, -0.15) is 0 Å². The summed E-state index contributed by atoms with van der Waals surface area (Å²) in [6.45, 7) is 4.18. The molecule has 1 heterocycles. The van der Waals surface area contributed by atoms with Crippen LogP contribution in [0.3, 0.4) is 0 Å². The van der Waals surface area contributed by atoms with Crippen molar-refractivity contribution >= 4 is 5.91 Å². The lowest BCUT2D eigenvalue weighted by atomic mass is 10.0. The molecule has 1 saturated carbocycles. The molecule has 2 N–H and O–H groups in total. The number of rotatable bonds is 4. The van der Waals surface area contributed by atoms with Gasteiger partial charge < -0.3 is 15.4 Å². The molecule has 4 nitrogen and oxygen atoms in total. The molecule has 1 amide bonds. The number of nitrogens with two attached hydrogens (primary N) is 1. The molecule has 17 heavy (non-hydrogen) atoms. The summed E-state index contributed by atoms with van der Waals surface area (Å²) in [4.78, 5) is 14.3. The minimum Gasteiger partial charge on any atom is -0.374 e. The van der Waals surface area contributed by atoms with Crippen molar-refractivity contribution in [3.8, 4) is 0 Å². The number of morpholine rings is 1. The van der Waals surface area contributed by atoms with Crippen molar-refractivity contribution in [2.75, 3.05) is 19.7 Å². The summed E-state index contributed by atoms with van der Waals surface area (Å²) in [6.07, 6.45) is 5.30. The van der Waals surface area contributed by atoms with E-state index in [1.54, 1.807) is 0 Å². The first-order chi connectivity index (χ1) is 8.26. The molecule has 98 valence electrons. The molecular formula is C13H24N2O2. The van der Waals surface area contributed by atoms with Crippen LogP contribution < -0.4 is 5.73 Å². The van der Waals surface area contributed by atoms with E-state index in [1.165, 1.54) is 6.42 Å². The monoisotopic (exact) mass is 240 g/mol. The third-order valence-electron chi connectivity index (χ3n) is 4.18. The lowest BCUT2D eigenvalue weighted by Gasteiger charge is -2.38. The maximum Gasteiger partial charge on any atom is 0.223 e. The van der Waals surface area contributed by atoms with Gasteiger partial charge in [-0.15, -0.1) is 0 Å². The normalized spacial score (nSPS) is 30.1. The van der Waals surface area contributed by atoms with Crippen LogP contribution in [0.15, 0.2) is 0 Å². The smallest absolute Gasteiger partial charge is 0.223 e. The largest absolute Gasteiger partial charge is 0.374 e. The Hall–Kier alpha value is -0.610. The average Bonchev–Trinajstić information content (AvgIpc) is 2.83. The highest BCUT2D eigenvalue weighted by Crippen LogP contribution is 2.30. The standard InChI is InChI=1S/C13H24N2O2/c1-2-10(9-14)8-13(16)15-6-7-17-12-5-3-4-11(12)15/h10-12H,2-9,14H2,1H3. The quantitative estimate of drug-likeness (QED) is 0.801. The molecule has 0 aromatic heterocycles. The highest BCUT2D eigenvalue weighted by molar-refractivity contribution is 5.77. The van der Waals surface area contributed by atoms with E-state index in [-0.39, 0.29) is 5.91 Å². The number of hydrogen-bond acceptors (Lipinski definition) is 3. The molecule has 0 aromatic carbocycles. The summed E-state index contributed by atoms with van der Waals surface area (Å²) in [7, 11) is 0. The van der Waals surface area contributed by atoms with Crippen LogP contribution in [-0.2, 0) is 9.53 Å². The van der Waals surface area contributed by atoms with E-state index in [2.05, 4.69) is 11.8 Å². The highest BCUT2D eigenvalue weighted by atomic mass is 16.5. The summed E-state index contributed by atoms with van der Waals surface area (Å²) in [6, 6.07) is 0.339. The summed E-state index contributed by atoms with van der Waals surface area (Å²) in [5.74, 6) is 0.618. The molecule has 2 aliphatic rings. The molecule has 0 spiro atoms. The Morgan fingerprint density at radius 3 is 3.06 bits per heavy atom. The second-order valence-electron chi connectivity index (χ2n) is 5.21. The topological polar surface area (TPSA) is 55.6 Å². The van der Waals surface area contributed by atoms with Gasteiger partial charge in [-0.3, -0.25) is 4.79 Å². The van der Waals surface area contributed by atoms with Crippen LogP contribution in [0.2, 0.25) is 0 Å². The maximum atomic E-state index is 12.3. The van der Waals surface area contributed by atoms with E-state index in [1.807, 2.05) is 0 Å². The first-order valence-electron chi connectivity index (χ1n) is 6.87. The van der Waals surface area contributed by atoms with Gasteiger partial charge in [-0.05, 0) is 31.7 Å². The fraction of sp³-hybridized carbons (Fsp3) is 0.923. The predicted molar refractivity (Wildman–Crippen MR) is 66.5 cm³/mol. The third-order valence-corrected chi connectivity index (χ3v) is 4.18. The van der Waals surface area contributed by atoms with Crippen LogP contribution in [0.4, 0.5) is 0 Å². The molecular weight excluding hydrogens is 216 g/mol. The van der Waals surface area contributed by atoms with E-state index >= 15 is 0 Å². The van der Waals surface area contributed by atoms with Crippen LogP contribution in [0.1, 0.15) is 39.0 Å². The van der Waals surface area contributed by atoms with E-state index < -0.39 is 0 Å². The van der Waals surface area contributed by atoms with Gasteiger partial charge in [0.25, 0.3) is 0 Å². The number of amides is 1. The van der Waals surface area contributed by atoms with Gasteiger partial charge in [0.1, 0.15) is 0 Å². The van der Waals surface area contributed by atoms with Crippen molar-refractivity contribution in [2.24, 2.45) is 11.7 Å². The Labute approximate surface area is 103 Å². The molecule has 1 aliphatic carbocycles. The maximum absolute atomic E-state index is 12.3. The fourth-order valence-electron chi connectivity index (χ4n) is 2.99. The first-order valence-corrected chi connectivity index (χ1v) is 6.87. The Kier molecular flexibility index (Phi) is 4.40. The SMILES string of the molecule is CCC(CN)CC(=O)N1CCOC2CCCC21. The third kappa shape index (κ3) is 2.80. The van der Waals surface area contributed by atoms with Crippen molar-refractivity contribution in [3.05, 3.63) is 0 Å². The zero-order valence-corrected chi connectivity index (χ0v) is 10.7. The molecule has 1 aliphatic heterocycles. The van der Waals surface area contributed by atoms with E-state index in [9.17, 15) is 4.79 Å². The number of hydrogen-bond donors (Lipinski definition) is 1. The predicted octanol–water partition coefficient (Wildman–Crippen LogP) is 1.14. The van der Waals surface area contributed by atoms with Crippen LogP contribution in [0.25, 0.3) is 0 Å². The van der Waals surface area contributed by atoms with Crippen molar-refractivity contribution in [1.82, 2.24) is 4.90 Å². The van der Waals surface area contributed by atoms with Gasteiger partial charge in [0, 0.05) is 13.0 Å². The lowest BCUT2D eigenvalue weighted by molar-refractivity contribution is -0.144. The van der Waals surface area contributed by atoms with Gasteiger partial charge >= 0.3 is 0 Å². The first kappa shape index (κ1) is 12.8. The van der Waals surface area contributed by atoms with Crippen LogP contribution in [-0.4, -0.2) is 42.6 Å². The summed E-state index contributed by atoms with van der Waals surface area (Å²) >= 11 is 0. The molecule has 0 aromatic rings. The van der Waals surface area contributed by atoms with Crippen molar-refractivity contribution in [2.45, 2.75) is 51.2 Å². The molecule has 1 saturated heterocycles. The van der Waals surface area contributed by atoms with E-state index in [0.29, 0.717) is 37.6 Å². The second kappa shape index (κ2) is 5.83. The zero-order chi connectivity index (χ0) is 12.3. The van der Waals surface area contributed by atoms with Gasteiger partial charge in [0.2, 0.25) is 5.91 Å². The second-order valence-corrected chi connectivity index (χ2v) is 5.21. The Balaban J connectivity index is 1.93. The number of carbonyl (C=O) groups excluding carboxylic acids is 1. The van der Waals surface area contributed by atoms with Gasteiger partial charge in [-0.1, -0.05) is 13.3 Å². The molecule has 0 radical (unpaired) electrons. The lowest BCUT2D eigenvalue weighted by Crippen LogP contribution is -2.51. The van der Waals surface area contributed by atoms with Crippen molar-refractivity contribution < 1.29 is 9.53 Å². The van der Waals surface area contributed by atoms with Crippen LogP contribution >= 0.6 is 0 Å². The Morgan fingerprint density at radius 2 is 2.35 bits per heavy atom. The Morgan fingerprint density at radius 1 is 1.53 bits per heavy atom. The number of ether oxygens (including phenoxy) is 1. The van der Waals surface area contributed by atoms with Gasteiger partial charge in [0.15, 0.2) is 0 Å². The summed E-state index contributed by atoms with van der Waals surface area (Å²) < 4.78 is 5.72. The van der Waals surface area contributed by atoms with E-state index in [4.69, 9.17) is 10.5 Å². The van der Waals surface area contributed by atoms with Crippen LogP contribution in [0.5, 0.6) is 0 Å². The highest BCUT2D eigenvalue weighted by Gasteiger charge is 2.38. The Bertz CT molecular complexity index is 266. The van der Waals surface area contributed by atoms with E-state index in [0.717, 1.165) is 25.8 Å². The summed E-state index contributed by atoms with van der Waals surface area (Å²) in [5.41, 5.74) is 5.67. The summed E-state index contributed by atoms with van der Waals surface area (Å²) in [5, 5.41) is 0. The fourth-order valence-corrected chi connectivity index (χ4v) is 2.99. The molecule has 0 bridgehead atoms. The van der Waals surface area contributed by atoms with Gasteiger partial charge in [-0.25, -0.2) is 0 Å². The number of nitrogens with zero attached hydrogens (tertiary/aromatic N) is 1. The molecule has 3 unspecified atom stereocenters.